The van der Waals surface area contributed by atoms with Crippen LogP contribution in [0.1, 0.15) is 32.6 Å². The third-order valence-corrected chi connectivity index (χ3v) is 6.19. The van der Waals surface area contributed by atoms with E-state index in [-0.39, 0.29) is 0 Å². The maximum Gasteiger partial charge on any atom is 0.121 e. The molecule has 4 heterocycles. The monoisotopic (exact) mass is 368 g/mol. The van der Waals surface area contributed by atoms with E-state index in [0.29, 0.717) is 12.1 Å². The van der Waals surface area contributed by atoms with Gasteiger partial charge in [-0.2, -0.15) is 0 Å². The lowest BCUT2D eigenvalue weighted by atomic mass is 9.84. The first kappa shape index (κ1) is 18.5. The Kier molecular flexibility index (Phi) is 5.79. The lowest BCUT2D eigenvalue weighted by molar-refractivity contribution is 0.0727. The first-order valence-electron chi connectivity index (χ1n) is 10.4. The van der Waals surface area contributed by atoms with E-state index in [2.05, 4.69) is 39.6 Å². The fourth-order valence-corrected chi connectivity index (χ4v) is 4.62. The van der Waals surface area contributed by atoms with Crippen LogP contribution in [0.15, 0.2) is 30.5 Å². The van der Waals surface area contributed by atoms with Gasteiger partial charge in [-0.15, -0.1) is 0 Å². The minimum absolute atomic E-state index is 0.399. The summed E-state index contributed by atoms with van der Waals surface area (Å²) < 4.78 is 5.45. The zero-order valence-electron chi connectivity index (χ0n) is 16.6. The van der Waals surface area contributed by atoms with Gasteiger partial charge in [0.25, 0.3) is 0 Å². The number of ether oxygens (including phenoxy) is 1. The van der Waals surface area contributed by atoms with Crippen molar-refractivity contribution in [3.8, 4) is 5.75 Å². The van der Waals surface area contributed by atoms with Gasteiger partial charge < -0.3 is 20.3 Å². The van der Waals surface area contributed by atoms with Gasteiger partial charge in [-0.25, -0.2) is 0 Å². The molecule has 2 bridgehead atoms. The summed E-state index contributed by atoms with van der Waals surface area (Å²) in [6.07, 6.45) is 6.94. The number of piperidine rings is 3. The molecule has 1 aromatic carbocycles. The number of nitrogens with one attached hydrogen (secondary N) is 2. The number of hydrogen-bond donors (Lipinski definition) is 2. The second kappa shape index (κ2) is 8.44. The number of aromatic nitrogens is 1. The van der Waals surface area contributed by atoms with Crippen molar-refractivity contribution in [1.82, 2.24) is 15.2 Å². The van der Waals surface area contributed by atoms with E-state index in [1.165, 1.54) is 38.9 Å². The summed E-state index contributed by atoms with van der Waals surface area (Å²) in [4.78, 5) is 7.17. The fourth-order valence-electron chi connectivity index (χ4n) is 4.62. The highest BCUT2D eigenvalue weighted by molar-refractivity contribution is 5.91. The number of nitrogens with zero attached hydrogens (tertiary/aromatic N) is 2. The average molecular weight is 369 g/mol. The Labute approximate surface area is 162 Å². The summed E-state index contributed by atoms with van der Waals surface area (Å²) in [7, 11) is 1.71. The molecule has 2 N–H and O–H groups in total. The molecule has 27 heavy (non-hydrogen) atoms. The number of pyridine rings is 1. The molecule has 146 valence electrons. The van der Waals surface area contributed by atoms with Crippen molar-refractivity contribution in [1.29, 1.82) is 0 Å². The van der Waals surface area contributed by atoms with Gasteiger partial charge in [-0.1, -0.05) is 6.07 Å². The van der Waals surface area contributed by atoms with Gasteiger partial charge in [0.15, 0.2) is 0 Å². The van der Waals surface area contributed by atoms with Gasteiger partial charge in [0, 0.05) is 36.3 Å². The van der Waals surface area contributed by atoms with E-state index >= 15 is 0 Å². The van der Waals surface area contributed by atoms with Crippen LogP contribution in [0.4, 0.5) is 5.69 Å². The van der Waals surface area contributed by atoms with E-state index in [4.69, 9.17) is 4.74 Å². The van der Waals surface area contributed by atoms with E-state index in [1.807, 2.05) is 18.3 Å². The van der Waals surface area contributed by atoms with Crippen LogP contribution in [0, 0.1) is 5.92 Å². The maximum absolute atomic E-state index is 5.45. The Morgan fingerprint density at radius 1 is 1.30 bits per heavy atom. The second-order valence-corrected chi connectivity index (χ2v) is 8.14. The predicted octanol–water partition coefficient (Wildman–Crippen LogP) is 3.51. The van der Waals surface area contributed by atoms with Crippen LogP contribution in [0.5, 0.6) is 5.75 Å². The molecule has 3 aliphatic heterocycles. The van der Waals surface area contributed by atoms with Crippen LogP contribution in [0.2, 0.25) is 0 Å². The Morgan fingerprint density at radius 3 is 2.89 bits per heavy atom. The Hall–Kier alpha value is -1.85. The van der Waals surface area contributed by atoms with Crippen LogP contribution < -0.4 is 15.4 Å². The van der Waals surface area contributed by atoms with Gasteiger partial charge in [-0.05, 0) is 70.3 Å². The molecule has 1 aromatic heterocycles. The topological polar surface area (TPSA) is 49.4 Å². The second-order valence-electron chi connectivity index (χ2n) is 8.14. The Balaban J connectivity index is 1.28. The largest absolute Gasteiger partial charge is 0.497 e. The molecule has 2 atom stereocenters. The van der Waals surface area contributed by atoms with Crippen molar-refractivity contribution in [2.45, 2.75) is 44.7 Å². The molecule has 3 fully saturated rings. The van der Waals surface area contributed by atoms with Crippen LogP contribution >= 0.6 is 0 Å². The third-order valence-electron chi connectivity index (χ3n) is 6.19. The van der Waals surface area contributed by atoms with Crippen molar-refractivity contribution < 1.29 is 4.74 Å². The first-order valence-corrected chi connectivity index (χ1v) is 10.4. The number of methoxy groups -OCH3 is 1. The molecule has 0 spiro atoms. The summed E-state index contributed by atoms with van der Waals surface area (Å²) in [5, 5.41) is 8.57. The third kappa shape index (κ3) is 4.36. The van der Waals surface area contributed by atoms with Crippen molar-refractivity contribution in [2.75, 3.05) is 38.6 Å². The molecule has 3 saturated heterocycles. The Morgan fingerprint density at radius 2 is 2.15 bits per heavy atom. The molecule has 0 aliphatic carbocycles. The first-order chi connectivity index (χ1) is 13.2. The average Bonchev–Trinajstić information content (AvgIpc) is 2.72. The highest BCUT2D eigenvalue weighted by Gasteiger charge is 2.33. The van der Waals surface area contributed by atoms with Crippen molar-refractivity contribution in [3.05, 3.63) is 30.5 Å². The molecule has 3 aliphatic rings. The smallest absolute Gasteiger partial charge is 0.121 e. The lowest BCUT2D eigenvalue weighted by Crippen LogP contribution is -2.56. The van der Waals surface area contributed by atoms with Gasteiger partial charge in [-0.3, -0.25) is 4.98 Å². The van der Waals surface area contributed by atoms with Crippen molar-refractivity contribution in [2.24, 2.45) is 5.92 Å². The molecular weight excluding hydrogens is 336 g/mol. The molecule has 5 nitrogen and oxygen atoms in total. The molecule has 0 amide bonds. The fraction of sp³-hybridized carbons (Fsp3) is 0.591. The van der Waals surface area contributed by atoms with E-state index in [0.717, 1.165) is 41.2 Å². The minimum atomic E-state index is 0.399. The molecule has 0 unspecified atom stereocenters. The number of benzene rings is 1. The summed E-state index contributed by atoms with van der Waals surface area (Å²) in [6, 6.07) is 9.25. The highest BCUT2D eigenvalue weighted by atomic mass is 16.5. The van der Waals surface area contributed by atoms with E-state index < -0.39 is 0 Å². The van der Waals surface area contributed by atoms with Crippen LogP contribution in [-0.2, 0) is 0 Å². The van der Waals surface area contributed by atoms with Gasteiger partial charge in [0.1, 0.15) is 5.75 Å². The lowest BCUT2D eigenvalue weighted by Gasteiger charge is -2.45. The van der Waals surface area contributed by atoms with Crippen molar-refractivity contribution >= 4 is 16.6 Å². The van der Waals surface area contributed by atoms with Gasteiger partial charge in [0.05, 0.1) is 18.3 Å². The number of fused-ring (bicyclic) bond motifs is 4. The maximum atomic E-state index is 5.45. The van der Waals surface area contributed by atoms with E-state index in [9.17, 15) is 0 Å². The van der Waals surface area contributed by atoms with E-state index in [1.54, 1.807) is 7.11 Å². The van der Waals surface area contributed by atoms with Gasteiger partial charge >= 0.3 is 0 Å². The standard InChI is InChI=1S/C22H32N4O/c1-16(5-3-9-23-21-15-26-11-7-17(21)8-12-26)25-20-14-19(27-2)13-18-6-4-10-24-22(18)20/h4,6,10,13-14,16-17,21,23,25H,3,5,7-9,11-12,15H2,1-2H3/t16-,21-/m0/s1. The summed E-state index contributed by atoms with van der Waals surface area (Å²) in [5.74, 6) is 1.77. The summed E-state index contributed by atoms with van der Waals surface area (Å²) in [5.41, 5.74) is 2.07. The molecule has 5 heteroatoms. The van der Waals surface area contributed by atoms with Crippen LogP contribution in [0.25, 0.3) is 10.9 Å². The highest BCUT2D eigenvalue weighted by Crippen LogP contribution is 2.29. The van der Waals surface area contributed by atoms with Crippen LogP contribution in [-0.4, -0.2) is 55.3 Å². The summed E-state index contributed by atoms with van der Waals surface area (Å²) >= 11 is 0. The predicted molar refractivity (Wildman–Crippen MR) is 112 cm³/mol. The molecule has 5 rings (SSSR count). The molecule has 0 radical (unpaired) electrons. The van der Waals surface area contributed by atoms with Crippen molar-refractivity contribution in [3.63, 3.8) is 0 Å². The zero-order valence-corrected chi connectivity index (χ0v) is 16.6. The number of anilines is 1. The zero-order chi connectivity index (χ0) is 18.6. The van der Waals surface area contributed by atoms with Gasteiger partial charge in [0.2, 0.25) is 0 Å². The molecule has 2 aromatic rings. The minimum Gasteiger partial charge on any atom is -0.497 e. The number of hydrogen-bond acceptors (Lipinski definition) is 5. The SMILES string of the molecule is COc1cc(N[C@@H](C)CCCN[C@H]2CN3CCC2CC3)c2ncccc2c1. The number of rotatable bonds is 8. The Bertz CT molecular complexity index is 757. The molecular formula is C22H32N4O. The van der Waals surface area contributed by atoms with Crippen LogP contribution in [0.3, 0.4) is 0 Å². The molecule has 0 saturated carbocycles. The summed E-state index contributed by atoms with van der Waals surface area (Å²) in [6.45, 7) is 7.24. The quantitative estimate of drug-likeness (QED) is 0.699. The normalized spacial score (nSPS) is 25.5.